The van der Waals surface area contributed by atoms with E-state index in [0.29, 0.717) is 25.0 Å². The van der Waals surface area contributed by atoms with Gasteiger partial charge in [0.2, 0.25) is 0 Å². The number of ether oxygens (including phenoxy) is 1. The van der Waals surface area contributed by atoms with Crippen LogP contribution in [0.4, 0.5) is 31.1 Å². The first kappa shape index (κ1) is 24.8. The first-order chi connectivity index (χ1) is 14.1. The molecule has 0 spiro atoms. The quantitative estimate of drug-likeness (QED) is 0.647. The van der Waals surface area contributed by atoms with Crippen LogP contribution in [0.15, 0.2) is 18.2 Å². The molecule has 174 valence electrons. The molecule has 11 heteroatoms. The number of alkyl halides is 6. The zero-order valence-corrected chi connectivity index (χ0v) is 17.3. The second kappa shape index (κ2) is 8.96. The highest BCUT2D eigenvalue weighted by Gasteiger charge is 2.38. The van der Waals surface area contributed by atoms with Crippen LogP contribution in [0.1, 0.15) is 55.1 Å². The summed E-state index contributed by atoms with van der Waals surface area (Å²) < 4.78 is 83.4. The number of halogens is 6. The summed E-state index contributed by atoms with van der Waals surface area (Å²) in [5, 5.41) is 2.57. The topological polar surface area (TPSA) is 58.6 Å². The van der Waals surface area contributed by atoms with E-state index in [-0.39, 0.29) is 31.6 Å². The van der Waals surface area contributed by atoms with Crippen molar-refractivity contribution in [2.75, 3.05) is 19.6 Å². The molecular weight excluding hydrogens is 430 g/mol. The fraction of sp³-hybridized carbons (Fsp3) is 0.600. The minimum Gasteiger partial charge on any atom is -0.444 e. The molecule has 0 aromatic heterocycles. The smallest absolute Gasteiger partial charge is 0.416 e. The Morgan fingerprint density at radius 1 is 1.03 bits per heavy atom. The molecule has 0 saturated carbocycles. The lowest BCUT2D eigenvalue weighted by Crippen LogP contribution is -2.44. The Labute approximate surface area is 175 Å². The van der Waals surface area contributed by atoms with Crippen LogP contribution in [0, 0.1) is 5.92 Å². The molecule has 1 aromatic rings. The fourth-order valence-corrected chi connectivity index (χ4v) is 3.22. The fourth-order valence-electron chi connectivity index (χ4n) is 3.22. The maximum absolute atomic E-state index is 13.1. The number of rotatable bonds is 3. The number of carbonyl (C=O) groups is 2. The Morgan fingerprint density at radius 3 is 2.06 bits per heavy atom. The maximum atomic E-state index is 13.1. The number of piperidine rings is 1. The molecule has 1 unspecified atom stereocenters. The van der Waals surface area contributed by atoms with Gasteiger partial charge >= 0.3 is 18.4 Å². The molecule has 1 heterocycles. The van der Waals surface area contributed by atoms with Gasteiger partial charge in [-0.25, -0.2) is 4.79 Å². The van der Waals surface area contributed by atoms with Crippen molar-refractivity contribution < 1.29 is 40.7 Å². The summed E-state index contributed by atoms with van der Waals surface area (Å²) in [5.74, 6) is -1.13. The van der Waals surface area contributed by atoms with Gasteiger partial charge < -0.3 is 15.0 Å². The number of nitrogens with one attached hydrogen (secondary N) is 1. The molecule has 2 rings (SSSR count). The second-order valence-corrected chi connectivity index (χ2v) is 8.44. The average molecular weight is 454 g/mol. The van der Waals surface area contributed by atoms with E-state index in [4.69, 9.17) is 4.74 Å². The molecule has 2 amide bonds. The van der Waals surface area contributed by atoms with Gasteiger partial charge in [0.15, 0.2) is 0 Å². The lowest BCUT2D eigenvalue weighted by molar-refractivity contribution is -0.143. The monoisotopic (exact) mass is 454 g/mol. The average Bonchev–Trinajstić information content (AvgIpc) is 2.63. The minimum absolute atomic E-state index is 0.0134. The van der Waals surface area contributed by atoms with Gasteiger partial charge in [-0.2, -0.15) is 26.3 Å². The van der Waals surface area contributed by atoms with E-state index in [0.717, 1.165) is 0 Å². The van der Waals surface area contributed by atoms with Gasteiger partial charge in [0, 0.05) is 25.2 Å². The normalized spacial score (nSPS) is 18.0. The molecule has 1 aliphatic rings. The summed E-state index contributed by atoms with van der Waals surface area (Å²) in [5.41, 5.74) is -4.45. The van der Waals surface area contributed by atoms with Crippen molar-refractivity contribution in [3.05, 3.63) is 34.9 Å². The van der Waals surface area contributed by atoms with Crippen LogP contribution in [0.2, 0.25) is 0 Å². The first-order valence-electron chi connectivity index (χ1n) is 9.62. The Balaban J connectivity index is 2.14. The summed E-state index contributed by atoms with van der Waals surface area (Å²) >= 11 is 0. The number of alkyl carbamates (subject to hydrolysis) is 1. The lowest BCUT2D eigenvalue weighted by Gasteiger charge is -2.33. The van der Waals surface area contributed by atoms with Crippen LogP contribution in [0.5, 0.6) is 0 Å². The molecule has 1 N–H and O–H groups in total. The van der Waals surface area contributed by atoms with Crippen LogP contribution in [0.3, 0.4) is 0 Å². The van der Waals surface area contributed by atoms with Crippen LogP contribution < -0.4 is 5.32 Å². The first-order valence-corrected chi connectivity index (χ1v) is 9.62. The molecule has 1 fully saturated rings. The minimum atomic E-state index is -5.03. The predicted molar refractivity (Wildman–Crippen MR) is 99.3 cm³/mol. The number of carbonyl (C=O) groups excluding carboxylic acids is 2. The van der Waals surface area contributed by atoms with E-state index in [1.807, 2.05) is 0 Å². The number of hydrogen-bond donors (Lipinski definition) is 1. The van der Waals surface area contributed by atoms with E-state index < -0.39 is 46.6 Å². The van der Waals surface area contributed by atoms with Crippen LogP contribution in [-0.2, 0) is 17.1 Å². The van der Waals surface area contributed by atoms with Gasteiger partial charge in [-0.05, 0) is 57.7 Å². The van der Waals surface area contributed by atoms with E-state index in [1.165, 1.54) is 4.90 Å². The number of likely N-dealkylation sites (tertiary alicyclic amines) is 1. The molecule has 1 aliphatic heterocycles. The predicted octanol–water partition coefficient (Wildman–Crippen LogP) is 5.10. The zero-order chi connectivity index (χ0) is 23.6. The van der Waals surface area contributed by atoms with Crippen LogP contribution >= 0.6 is 0 Å². The third-order valence-electron chi connectivity index (χ3n) is 4.57. The molecule has 1 atom stereocenters. The summed E-state index contributed by atoms with van der Waals surface area (Å²) in [6.07, 6.45) is -9.58. The molecule has 0 radical (unpaired) electrons. The highest BCUT2D eigenvalue weighted by molar-refractivity contribution is 5.94. The lowest BCUT2D eigenvalue weighted by atomic mass is 9.96. The summed E-state index contributed by atoms with van der Waals surface area (Å²) in [6.45, 7) is 5.52. The van der Waals surface area contributed by atoms with Crippen molar-refractivity contribution in [2.24, 2.45) is 5.92 Å². The molecule has 1 saturated heterocycles. The van der Waals surface area contributed by atoms with E-state index >= 15 is 0 Å². The number of benzene rings is 1. The van der Waals surface area contributed by atoms with Gasteiger partial charge in [-0.3, -0.25) is 4.79 Å². The number of hydrogen-bond acceptors (Lipinski definition) is 3. The number of amides is 2. The van der Waals surface area contributed by atoms with E-state index in [1.54, 1.807) is 20.8 Å². The van der Waals surface area contributed by atoms with Crippen LogP contribution in [-0.4, -0.2) is 42.1 Å². The zero-order valence-electron chi connectivity index (χ0n) is 17.3. The van der Waals surface area contributed by atoms with Gasteiger partial charge in [-0.1, -0.05) is 0 Å². The van der Waals surface area contributed by atoms with Crippen molar-refractivity contribution in [1.82, 2.24) is 10.2 Å². The van der Waals surface area contributed by atoms with E-state index in [9.17, 15) is 35.9 Å². The third kappa shape index (κ3) is 7.32. The molecule has 31 heavy (non-hydrogen) atoms. The Bertz CT molecular complexity index is 782. The molecule has 0 aliphatic carbocycles. The second-order valence-electron chi connectivity index (χ2n) is 8.44. The highest BCUT2D eigenvalue weighted by atomic mass is 19.4. The highest BCUT2D eigenvalue weighted by Crippen LogP contribution is 2.36. The molecule has 0 bridgehead atoms. The van der Waals surface area contributed by atoms with Crippen molar-refractivity contribution in [3.63, 3.8) is 0 Å². The van der Waals surface area contributed by atoms with E-state index in [2.05, 4.69) is 5.32 Å². The Morgan fingerprint density at radius 2 is 1.58 bits per heavy atom. The van der Waals surface area contributed by atoms with Gasteiger partial charge in [-0.15, -0.1) is 0 Å². The van der Waals surface area contributed by atoms with Gasteiger partial charge in [0.25, 0.3) is 5.91 Å². The van der Waals surface area contributed by atoms with Crippen LogP contribution in [0.25, 0.3) is 0 Å². The van der Waals surface area contributed by atoms with Crippen molar-refractivity contribution in [3.8, 4) is 0 Å². The number of nitrogens with zero attached hydrogens (tertiary/aromatic N) is 1. The summed E-state index contributed by atoms with van der Waals surface area (Å²) in [6, 6.07) is 0.848. The van der Waals surface area contributed by atoms with Crippen molar-refractivity contribution >= 4 is 12.0 Å². The van der Waals surface area contributed by atoms with Gasteiger partial charge in [0.05, 0.1) is 11.1 Å². The van der Waals surface area contributed by atoms with Gasteiger partial charge in [0.1, 0.15) is 5.60 Å². The van der Waals surface area contributed by atoms with Crippen molar-refractivity contribution in [2.45, 2.75) is 51.6 Å². The third-order valence-corrected chi connectivity index (χ3v) is 4.57. The Kier molecular flexibility index (Phi) is 7.17. The van der Waals surface area contributed by atoms with Crippen molar-refractivity contribution in [1.29, 1.82) is 0 Å². The molecule has 1 aromatic carbocycles. The molecule has 5 nitrogen and oxygen atoms in total. The standard InChI is InChI=1S/C20H24F6N2O3/c1-18(2,3)31-17(30)27-10-12-5-4-6-28(11-12)16(29)13-7-14(19(21,22)23)9-15(8-13)20(24,25)26/h7-9,12H,4-6,10-11H2,1-3H3,(H,27,30). The largest absolute Gasteiger partial charge is 0.444 e. The maximum Gasteiger partial charge on any atom is 0.416 e. The Hall–Kier alpha value is -2.46. The molecular formula is C20H24F6N2O3. The summed E-state index contributed by atoms with van der Waals surface area (Å²) in [7, 11) is 0. The summed E-state index contributed by atoms with van der Waals surface area (Å²) in [4.78, 5) is 25.7. The SMILES string of the molecule is CC(C)(C)OC(=O)NCC1CCCN(C(=O)c2cc(C(F)(F)F)cc(C(F)(F)F)c2)C1.